The first-order chi connectivity index (χ1) is 8.99. The number of hydrogen-bond donors (Lipinski definition) is 2. The van der Waals surface area contributed by atoms with Crippen LogP contribution in [0.2, 0.25) is 0 Å². The number of anilines is 1. The molecule has 0 bridgehead atoms. The van der Waals surface area contributed by atoms with Crippen molar-refractivity contribution in [1.29, 1.82) is 0 Å². The quantitative estimate of drug-likeness (QED) is 0.794. The average Bonchev–Trinajstić information content (AvgIpc) is 2.64. The van der Waals surface area contributed by atoms with Gasteiger partial charge < -0.3 is 10.8 Å². The third-order valence-electron chi connectivity index (χ3n) is 2.59. The van der Waals surface area contributed by atoms with Gasteiger partial charge in [-0.3, -0.25) is 14.0 Å². The molecule has 19 heavy (non-hydrogen) atoms. The molecule has 2 rings (SSSR count). The molecule has 0 aliphatic carbocycles. The third kappa shape index (κ3) is 2.90. The molecule has 100 valence electrons. The first-order valence-corrected chi connectivity index (χ1v) is 6.28. The largest absolute Gasteiger partial charge is 0.481 e. The summed E-state index contributed by atoms with van der Waals surface area (Å²) < 4.78 is 2.29. The Labute approximate surface area is 116 Å². The fourth-order valence-electron chi connectivity index (χ4n) is 1.76. The number of nitrogens with zero attached hydrogens (tertiary/aromatic N) is 3. The van der Waals surface area contributed by atoms with E-state index in [2.05, 4.69) is 25.9 Å². The Balaban J connectivity index is 2.20. The fraction of sp³-hybridized carbons (Fsp3) is 0.273. The van der Waals surface area contributed by atoms with Crippen LogP contribution in [0.5, 0.6) is 0 Å². The van der Waals surface area contributed by atoms with E-state index < -0.39 is 12.4 Å². The number of nitrogen functional groups attached to an aromatic ring is 1. The number of halogens is 1. The van der Waals surface area contributed by atoms with Gasteiger partial charge in [-0.1, -0.05) is 0 Å². The molecule has 0 aliphatic heterocycles. The van der Waals surface area contributed by atoms with Crippen molar-refractivity contribution in [3.05, 3.63) is 22.8 Å². The van der Waals surface area contributed by atoms with Crippen molar-refractivity contribution < 1.29 is 14.7 Å². The van der Waals surface area contributed by atoms with E-state index in [1.165, 1.54) is 0 Å². The smallest absolute Gasteiger partial charge is 0.310 e. The Hall–Kier alpha value is -1.96. The van der Waals surface area contributed by atoms with Crippen LogP contribution in [0.4, 0.5) is 5.82 Å². The van der Waals surface area contributed by atoms with E-state index in [1.807, 2.05) is 0 Å². The molecule has 8 heteroatoms. The molecule has 2 heterocycles. The van der Waals surface area contributed by atoms with E-state index in [1.54, 1.807) is 16.8 Å². The van der Waals surface area contributed by atoms with E-state index in [9.17, 15) is 9.59 Å². The van der Waals surface area contributed by atoms with Crippen molar-refractivity contribution in [3.63, 3.8) is 0 Å². The highest BCUT2D eigenvalue weighted by Crippen LogP contribution is 2.23. The predicted octanol–water partition coefficient (Wildman–Crippen LogP) is 1.05. The van der Waals surface area contributed by atoms with Gasteiger partial charge in [0.1, 0.15) is 28.1 Å². The lowest BCUT2D eigenvalue weighted by atomic mass is 10.1. The number of nitrogens with two attached hydrogens (primary N) is 1. The van der Waals surface area contributed by atoms with Crippen molar-refractivity contribution in [2.24, 2.45) is 0 Å². The lowest BCUT2D eigenvalue weighted by Gasteiger charge is -2.01. The summed E-state index contributed by atoms with van der Waals surface area (Å²) in [5.74, 6) is -0.477. The van der Waals surface area contributed by atoms with Gasteiger partial charge in [0.2, 0.25) is 0 Å². The number of ketones is 1. The third-order valence-corrected chi connectivity index (χ3v) is 3.14. The second-order valence-corrected chi connectivity index (χ2v) is 4.71. The first-order valence-electron chi connectivity index (χ1n) is 5.49. The topological polar surface area (TPSA) is 111 Å². The van der Waals surface area contributed by atoms with Gasteiger partial charge in [0, 0.05) is 25.2 Å². The van der Waals surface area contributed by atoms with Crippen LogP contribution in [-0.4, -0.2) is 31.2 Å². The average molecular weight is 327 g/mol. The summed E-state index contributed by atoms with van der Waals surface area (Å²) >= 11 is 3.28. The number of aromatic nitrogens is 3. The van der Waals surface area contributed by atoms with Crippen molar-refractivity contribution >= 4 is 39.0 Å². The van der Waals surface area contributed by atoms with Crippen LogP contribution in [0.1, 0.15) is 18.7 Å². The molecule has 7 nitrogen and oxygen atoms in total. The number of hydrogen-bond acceptors (Lipinski definition) is 5. The van der Waals surface area contributed by atoms with E-state index in [4.69, 9.17) is 10.8 Å². The normalized spacial score (nSPS) is 10.8. The molecule has 2 aromatic rings. The molecule has 0 atom stereocenters. The molecule has 0 saturated heterocycles. The molecule has 0 fully saturated rings. The summed E-state index contributed by atoms with van der Waals surface area (Å²) in [5.41, 5.74) is 6.39. The number of fused-ring (bicyclic) bond motifs is 1. The molecule has 0 aromatic carbocycles. The monoisotopic (exact) mass is 326 g/mol. The van der Waals surface area contributed by atoms with Gasteiger partial charge >= 0.3 is 5.97 Å². The van der Waals surface area contributed by atoms with Crippen LogP contribution < -0.4 is 5.73 Å². The van der Waals surface area contributed by atoms with Crippen LogP contribution >= 0.6 is 15.9 Å². The SMILES string of the molecule is Nc1nccn2c(CCC(=O)CC(=O)O)nc(Br)c12. The van der Waals surface area contributed by atoms with E-state index in [0.717, 1.165) is 0 Å². The predicted molar refractivity (Wildman–Crippen MR) is 70.7 cm³/mol. The summed E-state index contributed by atoms with van der Waals surface area (Å²) in [6, 6.07) is 0. The van der Waals surface area contributed by atoms with Gasteiger partial charge in [0.25, 0.3) is 0 Å². The lowest BCUT2D eigenvalue weighted by molar-refractivity contribution is -0.140. The molecule has 3 N–H and O–H groups in total. The number of Topliss-reactive ketones (excluding diaryl/α,β-unsaturated/α-hetero) is 1. The molecular weight excluding hydrogens is 316 g/mol. The Bertz CT molecular complexity index is 653. The zero-order chi connectivity index (χ0) is 14.0. The second kappa shape index (κ2) is 5.35. The summed E-state index contributed by atoms with van der Waals surface area (Å²) in [5, 5.41) is 8.52. The van der Waals surface area contributed by atoms with Crippen LogP contribution in [0.3, 0.4) is 0 Å². The number of aliphatic carboxylic acids is 1. The fourth-order valence-corrected chi connectivity index (χ4v) is 2.36. The van der Waals surface area contributed by atoms with Gasteiger partial charge in [-0.15, -0.1) is 0 Å². The number of carboxylic acid groups (broad SMARTS) is 1. The Morgan fingerprint density at radius 3 is 2.89 bits per heavy atom. The minimum atomic E-state index is -1.12. The van der Waals surface area contributed by atoms with Gasteiger partial charge in [0.05, 0.1) is 0 Å². The molecule has 0 spiro atoms. The summed E-state index contributed by atoms with van der Waals surface area (Å²) in [4.78, 5) is 30.0. The summed E-state index contributed by atoms with van der Waals surface area (Å²) in [6.45, 7) is 0. The first kappa shape index (κ1) is 13.5. The van der Waals surface area contributed by atoms with E-state index >= 15 is 0 Å². The van der Waals surface area contributed by atoms with E-state index in [-0.39, 0.29) is 12.2 Å². The maximum Gasteiger partial charge on any atom is 0.310 e. The zero-order valence-electron chi connectivity index (χ0n) is 9.84. The highest BCUT2D eigenvalue weighted by molar-refractivity contribution is 9.10. The minimum Gasteiger partial charge on any atom is -0.481 e. The van der Waals surface area contributed by atoms with Gasteiger partial charge in [0.15, 0.2) is 5.82 Å². The number of carbonyl (C=O) groups excluding carboxylic acids is 1. The standard InChI is InChI=1S/C11H11BrN4O3/c12-10-9-11(13)14-3-4-16(9)7(15-10)2-1-6(17)5-8(18)19/h3-4H,1-2,5H2,(H2,13,14)(H,18,19). The Morgan fingerprint density at radius 1 is 1.47 bits per heavy atom. The van der Waals surface area contributed by atoms with Crippen LogP contribution in [0.15, 0.2) is 17.0 Å². The minimum absolute atomic E-state index is 0.125. The maximum absolute atomic E-state index is 11.4. The lowest BCUT2D eigenvalue weighted by Crippen LogP contribution is -2.08. The molecule has 0 unspecified atom stereocenters. The molecule has 0 amide bonds. The van der Waals surface area contributed by atoms with Crippen molar-refractivity contribution in [2.45, 2.75) is 19.3 Å². The van der Waals surface area contributed by atoms with E-state index in [0.29, 0.717) is 28.2 Å². The number of carboxylic acids is 1. The maximum atomic E-state index is 11.4. The van der Waals surface area contributed by atoms with Crippen molar-refractivity contribution in [2.75, 3.05) is 5.73 Å². The van der Waals surface area contributed by atoms with Crippen LogP contribution in [0, 0.1) is 0 Å². The molecular formula is C11H11BrN4O3. The van der Waals surface area contributed by atoms with Crippen LogP contribution in [-0.2, 0) is 16.0 Å². The summed E-state index contributed by atoms with van der Waals surface area (Å²) in [7, 11) is 0. The number of aryl methyl sites for hydroxylation is 1. The van der Waals surface area contributed by atoms with Gasteiger partial charge in [-0.2, -0.15) is 0 Å². The molecule has 0 saturated carbocycles. The number of rotatable bonds is 5. The second-order valence-electron chi connectivity index (χ2n) is 3.96. The van der Waals surface area contributed by atoms with Crippen LogP contribution in [0.25, 0.3) is 5.52 Å². The van der Waals surface area contributed by atoms with Gasteiger partial charge in [-0.25, -0.2) is 9.97 Å². The summed E-state index contributed by atoms with van der Waals surface area (Å²) in [6.07, 6.45) is 3.25. The Morgan fingerprint density at radius 2 is 2.21 bits per heavy atom. The zero-order valence-corrected chi connectivity index (χ0v) is 11.4. The van der Waals surface area contributed by atoms with Crippen molar-refractivity contribution in [3.8, 4) is 0 Å². The highest BCUT2D eigenvalue weighted by Gasteiger charge is 2.14. The number of carbonyl (C=O) groups is 2. The highest BCUT2D eigenvalue weighted by atomic mass is 79.9. The van der Waals surface area contributed by atoms with Crippen molar-refractivity contribution in [1.82, 2.24) is 14.4 Å². The molecule has 0 aliphatic rings. The molecule has 2 aromatic heterocycles. The number of imidazole rings is 1. The van der Waals surface area contributed by atoms with Gasteiger partial charge in [-0.05, 0) is 15.9 Å². The molecule has 0 radical (unpaired) electrons. The Kier molecular flexibility index (Phi) is 3.79.